The summed E-state index contributed by atoms with van der Waals surface area (Å²) in [6.45, 7) is 2.07. The van der Waals surface area contributed by atoms with Crippen LogP contribution in [0.2, 0.25) is 0 Å². The van der Waals surface area contributed by atoms with Crippen LogP contribution in [-0.2, 0) is 11.3 Å². The van der Waals surface area contributed by atoms with Gasteiger partial charge >= 0.3 is 0 Å². The van der Waals surface area contributed by atoms with Crippen molar-refractivity contribution in [2.75, 3.05) is 0 Å². The molecule has 0 aliphatic heterocycles. The maximum absolute atomic E-state index is 12.3. The van der Waals surface area contributed by atoms with Crippen molar-refractivity contribution >= 4 is 16.7 Å². The van der Waals surface area contributed by atoms with Crippen LogP contribution in [0.5, 0.6) is 0 Å². The molecule has 1 heterocycles. The number of carbonyl (C=O) groups is 1. The molecule has 0 amide bonds. The standard InChI is InChI=1S/C19H19N3O2/c1-14(15-7-3-2-4-8-15)11-12-16(23)13-22-19(24)17-9-5-6-10-18(17)20-21-22/h2-10,14H,11-13H2,1H3/t14-/m0/s1. The van der Waals surface area contributed by atoms with Gasteiger partial charge in [-0.25, -0.2) is 4.68 Å². The minimum Gasteiger partial charge on any atom is -0.298 e. The highest BCUT2D eigenvalue weighted by molar-refractivity contribution is 5.79. The van der Waals surface area contributed by atoms with Crippen LogP contribution in [0.1, 0.15) is 31.2 Å². The molecule has 5 heteroatoms. The van der Waals surface area contributed by atoms with Crippen LogP contribution in [-0.4, -0.2) is 20.8 Å². The van der Waals surface area contributed by atoms with Gasteiger partial charge in [-0.3, -0.25) is 9.59 Å². The van der Waals surface area contributed by atoms with E-state index in [2.05, 4.69) is 29.4 Å². The summed E-state index contributed by atoms with van der Waals surface area (Å²) in [7, 11) is 0. The molecule has 3 aromatic rings. The Labute approximate surface area is 139 Å². The molecule has 0 unspecified atom stereocenters. The third-order valence-electron chi connectivity index (χ3n) is 4.18. The Morgan fingerprint density at radius 1 is 1.08 bits per heavy atom. The second-order valence-corrected chi connectivity index (χ2v) is 5.96. The van der Waals surface area contributed by atoms with Gasteiger partial charge in [-0.2, -0.15) is 0 Å². The molecule has 0 saturated heterocycles. The zero-order chi connectivity index (χ0) is 16.9. The summed E-state index contributed by atoms with van der Waals surface area (Å²) in [4.78, 5) is 24.5. The predicted molar refractivity (Wildman–Crippen MR) is 92.9 cm³/mol. The van der Waals surface area contributed by atoms with E-state index in [1.807, 2.05) is 18.2 Å². The second-order valence-electron chi connectivity index (χ2n) is 5.96. The molecule has 0 spiro atoms. The summed E-state index contributed by atoms with van der Waals surface area (Å²) in [6, 6.07) is 17.1. The van der Waals surface area contributed by atoms with Gasteiger partial charge in [0.05, 0.1) is 5.39 Å². The van der Waals surface area contributed by atoms with Crippen LogP contribution in [0, 0.1) is 0 Å². The van der Waals surface area contributed by atoms with Crippen LogP contribution < -0.4 is 5.56 Å². The Morgan fingerprint density at radius 3 is 2.58 bits per heavy atom. The number of nitrogens with zero attached hydrogens (tertiary/aromatic N) is 3. The molecular weight excluding hydrogens is 302 g/mol. The van der Waals surface area contributed by atoms with E-state index >= 15 is 0 Å². The number of fused-ring (bicyclic) bond motifs is 1. The van der Waals surface area contributed by atoms with Gasteiger partial charge in [-0.05, 0) is 30.0 Å². The maximum atomic E-state index is 12.3. The first kappa shape index (κ1) is 16.1. The van der Waals surface area contributed by atoms with E-state index in [0.29, 0.717) is 23.2 Å². The Hall–Kier alpha value is -2.82. The Balaban J connectivity index is 1.65. The Morgan fingerprint density at radius 2 is 1.79 bits per heavy atom. The highest BCUT2D eigenvalue weighted by atomic mass is 16.1. The lowest BCUT2D eigenvalue weighted by Gasteiger charge is -2.11. The number of carbonyl (C=O) groups excluding carboxylic acids is 1. The fourth-order valence-corrected chi connectivity index (χ4v) is 2.70. The molecule has 0 saturated carbocycles. The largest absolute Gasteiger partial charge is 0.298 e. The minimum atomic E-state index is -0.273. The number of Topliss-reactive ketones (excluding diaryl/α,β-unsaturated/α-hetero) is 1. The van der Waals surface area contributed by atoms with Crippen molar-refractivity contribution < 1.29 is 4.79 Å². The number of hydrogen-bond acceptors (Lipinski definition) is 4. The molecule has 0 bridgehead atoms. The SMILES string of the molecule is C[C@@H](CCC(=O)Cn1nnc2ccccc2c1=O)c1ccccc1. The fourth-order valence-electron chi connectivity index (χ4n) is 2.70. The number of hydrogen-bond donors (Lipinski definition) is 0. The molecule has 5 nitrogen and oxygen atoms in total. The van der Waals surface area contributed by atoms with Crippen molar-refractivity contribution in [3.05, 3.63) is 70.5 Å². The number of rotatable bonds is 6. The lowest BCUT2D eigenvalue weighted by atomic mass is 9.95. The van der Waals surface area contributed by atoms with Gasteiger partial charge in [-0.1, -0.05) is 54.6 Å². The van der Waals surface area contributed by atoms with E-state index in [-0.39, 0.29) is 17.9 Å². The van der Waals surface area contributed by atoms with Gasteiger partial charge in [0, 0.05) is 6.42 Å². The summed E-state index contributed by atoms with van der Waals surface area (Å²) in [5.74, 6) is 0.291. The maximum Gasteiger partial charge on any atom is 0.278 e. The van der Waals surface area contributed by atoms with Gasteiger partial charge in [-0.15, -0.1) is 5.10 Å². The average Bonchev–Trinajstić information content (AvgIpc) is 2.63. The lowest BCUT2D eigenvalue weighted by molar-refractivity contribution is -0.120. The van der Waals surface area contributed by atoms with E-state index in [1.54, 1.807) is 24.3 Å². The van der Waals surface area contributed by atoms with E-state index in [0.717, 1.165) is 11.1 Å². The van der Waals surface area contributed by atoms with Gasteiger partial charge in [0.25, 0.3) is 5.56 Å². The van der Waals surface area contributed by atoms with E-state index in [1.165, 1.54) is 5.56 Å². The zero-order valence-electron chi connectivity index (χ0n) is 13.6. The van der Waals surface area contributed by atoms with Crippen LogP contribution >= 0.6 is 0 Å². The molecule has 1 atom stereocenters. The zero-order valence-corrected chi connectivity index (χ0v) is 13.6. The van der Waals surface area contributed by atoms with Gasteiger partial charge in [0.15, 0.2) is 5.78 Å². The summed E-state index contributed by atoms with van der Waals surface area (Å²) < 4.78 is 1.15. The first-order valence-corrected chi connectivity index (χ1v) is 8.04. The van der Waals surface area contributed by atoms with Gasteiger partial charge in [0.1, 0.15) is 12.1 Å². The van der Waals surface area contributed by atoms with Crippen molar-refractivity contribution in [2.45, 2.75) is 32.2 Å². The quantitative estimate of drug-likeness (QED) is 0.700. The second kappa shape index (κ2) is 7.17. The van der Waals surface area contributed by atoms with Crippen molar-refractivity contribution in [2.24, 2.45) is 0 Å². The first-order valence-electron chi connectivity index (χ1n) is 8.04. The number of benzene rings is 2. The van der Waals surface area contributed by atoms with Crippen LogP contribution in [0.15, 0.2) is 59.4 Å². The van der Waals surface area contributed by atoms with Crippen molar-refractivity contribution in [3.8, 4) is 0 Å². The normalized spacial score (nSPS) is 12.2. The van der Waals surface area contributed by atoms with Crippen LogP contribution in [0.25, 0.3) is 10.9 Å². The topological polar surface area (TPSA) is 64.8 Å². The third kappa shape index (κ3) is 3.56. The Bertz CT molecular complexity index is 903. The van der Waals surface area contributed by atoms with Gasteiger partial charge in [0.2, 0.25) is 0 Å². The molecule has 0 radical (unpaired) electrons. The molecule has 122 valence electrons. The summed E-state index contributed by atoms with van der Waals surface area (Å²) >= 11 is 0. The molecule has 0 aliphatic rings. The molecule has 0 aliphatic carbocycles. The van der Waals surface area contributed by atoms with Crippen molar-refractivity contribution in [1.82, 2.24) is 15.0 Å². The Kier molecular flexibility index (Phi) is 4.79. The van der Waals surface area contributed by atoms with Crippen LogP contribution in [0.3, 0.4) is 0 Å². The minimum absolute atomic E-state index is 0.00976. The first-order chi connectivity index (χ1) is 11.6. The summed E-state index contributed by atoms with van der Waals surface area (Å²) in [5.41, 5.74) is 1.49. The molecule has 2 aromatic carbocycles. The van der Waals surface area contributed by atoms with E-state index in [4.69, 9.17) is 0 Å². The molecule has 1 aromatic heterocycles. The molecule has 0 N–H and O–H groups in total. The fraction of sp³-hybridized carbons (Fsp3) is 0.263. The van der Waals surface area contributed by atoms with E-state index in [9.17, 15) is 9.59 Å². The van der Waals surface area contributed by atoms with Gasteiger partial charge < -0.3 is 0 Å². The average molecular weight is 321 g/mol. The molecule has 24 heavy (non-hydrogen) atoms. The van der Waals surface area contributed by atoms with Crippen LogP contribution in [0.4, 0.5) is 0 Å². The lowest BCUT2D eigenvalue weighted by Crippen LogP contribution is -2.27. The highest BCUT2D eigenvalue weighted by Crippen LogP contribution is 2.20. The number of ketones is 1. The molecular formula is C19H19N3O2. The van der Waals surface area contributed by atoms with Crippen molar-refractivity contribution in [1.29, 1.82) is 0 Å². The molecule has 3 rings (SSSR count). The monoisotopic (exact) mass is 321 g/mol. The number of aromatic nitrogens is 3. The summed E-state index contributed by atoms with van der Waals surface area (Å²) in [5, 5.41) is 8.35. The predicted octanol–water partition coefficient (Wildman–Crippen LogP) is 2.94. The smallest absolute Gasteiger partial charge is 0.278 e. The van der Waals surface area contributed by atoms with E-state index < -0.39 is 0 Å². The summed E-state index contributed by atoms with van der Waals surface area (Å²) in [6.07, 6.45) is 1.16. The molecule has 0 fully saturated rings. The third-order valence-corrected chi connectivity index (χ3v) is 4.18. The highest BCUT2D eigenvalue weighted by Gasteiger charge is 2.12. The van der Waals surface area contributed by atoms with Crippen molar-refractivity contribution in [3.63, 3.8) is 0 Å².